The maximum absolute atomic E-state index is 13.1. The third kappa shape index (κ3) is 4.60. The van der Waals surface area contributed by atoms with E-state index in [9.17, 15) is 21.6 Å². The molecule has 168 valence electrons. The van der Waals surface area contributed by atoms with Crippen LogP contribution in [0.25, 0.3) is 10.8 Å². The number of carbonyl (C=O) groups is 1. The van der Waals surface area contributed by atoms with Gasteiger partial charge in [-0.2, -0.15) is 4.31 Å². The van der Waals surface area contributed by atoms with Crippen molar-refractivity contribution in [3.05, 3.63) is 66.7 Å². The zero-order valence-corrected chi connectivity index (χ0v) is 18.6. The molecular weight excluding hydrogens is 452 g/mol. The molecule has 9 nitrogen and oxygen atoms in total. The van der Waals surface area contributed by atoms with E-state index in [1.54, 1.807) is 18.2 Å². The number of nitrogens with zero attached hydrogens (tertiary/aromatic N) is 2. The molecular formula is C21H22N4O5S2. The lowest BCUT2D eigenvalue weighted by Gasteiger charge is -2.34. The summed E-state index contributed by atoms with van der Waals surface area (Å²) in [5.41, 5.74) is 0.411. The molecule has 3 N–H and O–H groups in total. The van der Waals surface area contributed by atoms with Crippen molar-refractivity contribution in [1.82, 2.24) is 9.21 Å². The topological polar surface area (TPSA) is 130 Å². The van der Waals surface area contributed by atoms with Crippen molar-refractivity contribution >= 4 is 42.5 Å². The van der Waals surface area contributed by atoms with Crippen LogP contribution in [0.3, 0.4) is 0 Å². The van der Waals surface area contributed by atoms with Gasteiger partial charge in [-0.1, -0.05) is 30.3 Å². The summed E-state index contributed by atoms with van der Waals surface area (Å²) in [6.07, 6.45) is 0. The molecule has 1 saturated heterocycles. The molecule has 3 aromatic rings. The highest BCUT2D eigenvalue weighted by Gasteiger charge is 2.30. The normalized spacial score (nSPS) is 15.6. The number of urea groups is 1. The van der Waals surface area contributed by atoms with Crippen LogP contribution in [-0.2, 0) is 20.0 Å². The van der Waals surface area contributed by atoms with Gasteiger partial charge in [-0.15, -0.1) is 0 Å². The molecule has 32 heavy (non-hydrogen) atoms. The summed E-state index contributed by atoms with van der Waals surface area (Å²) in [6.45, 7) is 0.807. The molecule has 1 aliphatic rings. The molecule has 1 aliphatic heterocycles. The average molecular weight is 475 g/mol. The molecule has 0 aliphatic carbocycles. The maximum atomic E-state index is 13.1. The number of nitrogens with one attached hydrogen (secondary N) is 1. The first-order chi connectivity index (χ1) is 15.1. The van der Waals surface area contributed by atoms with Gasteiger partial charge in [0.15, 0.2) is 0 Å². The smallest absolute Gasteiger partial charge is 0.321 e. The number of benzene rings is 3. The fraction of sp³-hybridized carbons (Fsp3) is 0.190. The van der Waals surface area contributed by atoms with Crippen LogP contribution in [0, 0.1) is 0 Å². The number of piperazine rings is 1. The predicted octanol–water partition coefficient (Wildman–Crippen LogP) is 2.03. The Bertz CT molecular complexity index is 1360. The van der Waals surface area contributed by atoms with E-state index in [1.807, 2.05) is 24.3 Å². The number of rotatable bonds is 4. The molecule has 0 atom stereocenters. The molecule has 2 amide bonds. The first-order valence-corrected chi connectivity index (χ1v) is 12.8. The van der Waals surface area contributed by atoms with E-state index in [0.29, 0.717) is 5.69 Å². The number of primary sulfonamides is 1. The van der Waals surface area contributed by atoms with Crippen LogP contribution in [0.4, 0.5) is 10.5 Å². The highest BCUT2D eigenvalue weighted by atomic mass is 32.2. The lowest BCUT2D eigenvalue weighted by molar-refractivity contribution is 0.184. The molecule has 0 saturated carbocycles. The molecule has 0 radical (unpaired) electrons. The number of hydrogen-bond donors (Lipinski definition) is 2. The van der Waals surface area contributed by atoms with Crippen molar-refractivity contribution in [1.29, 1.82) is 0 Å². The molecule has 0 spiro atoms. The van der Waals surface area contributed by atoms with Crippen LogP contribution in [0.1, 0.15) is 0 Å². The molecule has 0 unspecified atom stereocenters. The van der Waals surface area contributed by atoms with E-state index in [-0.39, 0.29) is 36.0 Å². The Balaban J connectivity index is 1.40. The zero-order chi connectivity index (χ0) is 22.9. The lowest BCUT2D eigenvalue weighted by Crippen LogP contribution is -2.51. The fourth-order valence-electron chi connectivity index (χ4n) is 3.54. The molecule has 0 bridgehead atoms. The average Bonchev–Trinajstić information content (AvgIpc) is 2.78. The van der Waals surface area contributed by atoms with Gasteiger partial charge >= 0.3 is 6.03 Å². The summed E-state index contributed by atoms with van der Waals surface area (Å²) in [5, 5.41) is 9.55. The molecule has 11 heteroatoms. The van der Waals surface area contributed by atoms with Gasteiger partial charge < -0.3 is 10.2 Å². The number of amides is 2. The van der Waals surface area contributed by atoms with Crippen LogP contribution in [-0.4, -0.2) is 58.3 Å². The van der Waals surface area contributed by atoms with Crippen molar-refractivity contribution in [2.75, 3.05) is 31.5 Å². The van der Waals surface area contributed by atoms with Crippen LogP contribution in [0.5, 0.6) is 0 Å². The number of sulfonamides is 2. The Morgan fingerprint density at radius 2 is 1.38 bits per heavy atom. The monoisotopic (exact) mass is 474 g/mol. The van der Waals surface area contributed by atoms with Gasteiger partial charge in [0.25, 0.3) is 0 Å². The Morgan fingerprint density at radius 3 is 2.00 bits per heavy atom. The minimum atomic E-state index is -3.81. The van der Waals surface area contributed by atoms with Crippen molar-refractivity contribution in [2.24, 2.45) is 5.14 Å². The van der Waals surface area contributed by atoms with Crippen LogP contribution in [0.2, 0.25) is 0 Å². The Hall–Kier alpha value is -2.99. The molecule has 0 aromatic heterocycles. The maximum Gasteiger partial charge on any atom is 0.321 e. The summed E-state index contributed by atoms with van der Waals surface area (Å²) >= 11 is 0. The Labute approximate surface area is 186 Å². The van der Waals surface area contributed by atoms with Gasteiger partial charge in [-0.3, -0.25) is 0 Å². The fourth-order valence-corrected chi connectivity index (χ4v) is 5.51. The third-order valence-electron chi connectivity index (χ3n) is 5.32. The van der Waals surface area contributed by atoms with Crippen LogP contribution in [0.15, 0.2) is 76.5 Å². The van der Waals surface area contributed by atoms with Crippen molar-refractivity contribution in [2.45, 2.75) is 9.79 Å². The SMILES string of the molecule is NS(=O)(=O)c1ccc(NC(=O)N2CCN(S(=O)(=O)c3ccc4ccccc4c3)CC2)cc1. The van der Waals surface area contributed by atoms with Gasteiger partial charge in [0.2, 0.25) is 20.0 Å². The minimum Gasteiger partial charge on any atom is -0.322 e. The van der Waals surface area contributed by atoms with Crippen molar-refractivity contribution < 1.29 is 21.6 Å². The minimum absolute atomic E-state index is 0.0528. The van der Waals surface area contributed by atoms with Gasteiger partial charge in [0.05, 0.1) is 9.79 Å². The summed E-state index contributed by atoms with van der Waals surface area (Å²) in [4.78, 5) is 14.2. The van der Waals surface area contributed by atoms with E-state index in [2.05, 4.69) is 5.32 Å². The second kappa shape index (κ2) is 8.51. The number of anilines is 1. The standard InChI is InChI=1S/C21H22N4O5S2/c22-31(27,28)19-9-6-18(7-10-19)23-21(26)24-11-13-25(14-12-24)32(29,30)20-8-5-16-3-1-2-4-17(16)15-20/h1-10,15H,11-14H2,(H,23,26)(H2,22,27,28). The van der Waals surface area contributed by atoms with Crippen molar-refractivity contribution in [3.63, 3.8) is 0 Å². The molecule has 4 rings (SSSR count). The number of fused-ring (bicyclic) bond motifs is 1. The first-order valence-electron chi connectivity index (χ1n) is 9.82. The van der Waals surface area contributed by atoms with E-state index in [0.717, 1.165) is 10.8 Å². The summed E-state index contributed by atoms with van der Waals surface area (Å²) in [5.74, 6) is 0. The Morgan fingerprint density at radius 1 is 0.781 bits per heavy atom. The zero-order valence-electron chi connectivity index (χ0n) is 17.0. The van der Waals surface area contributed by atoms with Gasteiger partial charge in [0.1, 0.15) is 0 Å². The lowest BCUT2D eigenvalue weighted by atomic mass is 10.1. The van der Waals surface area contributed by atoms with Crippen LogP contribution < -0.4 is 10.5 Å². The number of carbonyl (C=O) groups excluding carboxylic acids is 1. The van der Waals surface area contributed by atoms with E-state index in [4.69, 9.17) is 5.14 Å². The number of hydrogen-bond acceptors (Lipinski definition) is 5. The second-order valence-corrected chi connectivity index (χ2v) is 10.9. The predicted molar refractivity (Wildman–Crippen MR) is 121 cm³/mol. The number of nitrogens with two attached hydrogens (primary N) is 1. The van der Waals surface area contributed by atoms with Crippen molar-refractivity contribution in [3.8, 4) is 0 Å². The van der Waals surface area contributed by atoms with Gasteiger partial charge in [-0.05, 0) is 47.2 Å². The quantitative estimate of drug-likeness (QED) is 0.598. The first kappa shape index (κ1) is 22.2. The van der Waals surface area contributed by atoms with E-state index < -0.39 is 26.1 Å². The summed E-state index contributed by atoms with van der Waals surface area (Å²) in [6, 6.07) is 17.7. The van der Waals surface area contributed by atoms with Crippen LogP contribution >= 0.6 is 0 Å². The second-order valence-electron chi connectivity index (χ2n) is 7.40. The summed E-state index contributed by atoms with van der Waals surface area (Å²) < 4.78 is 50.1. The van der Waals surface area contributed by atoms with Gasteiger partial charge in [-0.25, -0.2) is 26.8 Å². The molecule has 3 aromatic carbocycles. The van der Waals surface area contributed by atoms with Gasteiger partial charge in [0, 0.05) is 31.9 Å². The molecule has 1 heterocycles. The summed E-state index contributed by atoms with van der Waals surface area (Å²) in [7, 11) is -7.48. The molecule has 1 fully saturated rings. The highest BCUT2D eigenvalue weighted by Crippen LogP contribution is 2.23. The van der Waals surface area contributed by atoms with E-state index in [1.165, 1.54) is 33.5 Å². The largest absolute Gasteiger partial charge is 0.322 e. The Kier molecular flexibility index (Phi) is 5.91. The van der Waals surface area contributed by atoms with E-state index >= 15 is 0 Å². The third-order valence-corrected chi connectivity index (χ3v) is 8.14. The highest BCUT2D eigenvalue weighted by molar-refractivity contribution is 7.89.